The van der Waals surface area contributed by atoms with Crippen molar-refractivity contribution in [3.63, 3.8) is 0 Å². The first kappa shape index (κ1) is 10.6. The summed E-state index contributed by atoms with van der Waals surface area (Å²) < 4.78 is 0. The number of thiophene rings is 1. The van der Waals surface area contributed by atoms with Crippen molar-refractivity contribution in [3.05, 3.63) is 22.4 Å². The minimum atomic E-state index is 0.858. The fourth-order valence-electron chi connectivity index (χ4n) is 0.888. The van der Waals surface area contributed by atoms with Gasteiger partial charge in [-0.2, -0.15) is 0 Å². The van der Waals surface area contributed by atoms with E-state index in [0.29, 0.717) is 0 Å². The molecule has 0 aliphatic carbocycles. The van der Waals surface area contributed by atoms with E-state index >= 15 is 0 Å². The van der Waals surface area contributed by atoms with Gasteiger partial charge in [-0.15, -0.1) is 11.3 Å². The molecule has 0 saturated heterocycles. The van der Waals surface area contributed by atoms with Gasteiger partial charge < -0.3 is 10.2 Å². The van der Waals surface area contributed by atoms with Crippen LogP contribution in [0.3, 0.4) is 0 Å². The zero-order chi connectivity index (χ0) is 9.68. The molecule has 1 heterocycles. The maximum atomic E-state index is 5.21. The van der Waals surface area contributed by atoms with Gasteiger partial charge in [-0.1, -0.05) is 18.3 Å². The molecule has 1 aromatic heterocycles. The molecular formula is C9H14N2S2. The number of rotatable bonds is 4. The highest BCUT2D eigenvalue weighted by Crippen LogP contribution is 2.08. The molecule has 0 spiro atoms. The van der Waals surface area contributed by atoms with Gasteiger partial charge >= 0.3 is 0 Å². The van der Waals surface area contributed by atoms with Crippen molar-refractivity contribution in [2.24, 2.45) is 0 Å². The van der Waals surface area contributed by atoms with Gasteiger partial charge in [0.2, 0.25) is 0 Å². The molecule has 0 unspecified atom stereocenters. The van der Waals surface area contributed by atoms with Gasteiger partial charge in [0.25, 0.3) is 0 Å². The van der Waals surface area contributed by atoms with E-state index in [9.17, 15) is 0 Å². The van der Waals surface area contributed by atoms with Crippen molar-refractivity contribution in [2.45, 2.75) is 0 Å². The first-order valence-corrected chi connectivity index (χ1v) is 5.45. The highest BCUT2D eigenvalue weighted by atomic mass is 32.1. The monoisotopic (exact) mass is 214 g/mol. The minimum absolute atomic E-state index is 0.858. The van der Waals surface area contributed by atoms with Gasteiger partial charge in [0, 0.05) is 13.1 Å². The number of thiocarbonyl (C=S) groups is 1. The Morgan fingerprint density at radius 1 is 1.62 bits per heavy atom. The van der Waals surface area contributed by atoms with E-state index < -0.39 is 0 Å². The molecule has 0 atom stereocenters. The second-order valence-corrected chi connectivity index (χ2v) is 4.39. The summed E-state index contributed by atoms with van der Waals surface area (Å²) in [5.41, 5.74) is 0. The van der Waals surface area contributed by atoms with E-state index in [0.717, 1.165) is 23.0 Å². The summed E-state index contributed by atoms with van der Waals surface area (Å²) in [5, 5.41) is 5.25. The van der Waals surface area contributed by atoms with Crippen molar-refractivity contribution in [3.8, 4) is 0 Å². The van der Waals surface area contributed by atoms with Crippen LogP contribution < -0.4 is 5.32 Å². The van der Waals surface area contributed by atoms with E-state index in [2.05, 4.69) is 24.3 Å². The number of hydrogen-bond acceptors (Lipinski definition) is 3. The SMILES string of the molecule is CN(C)CCNC(=S)c1cccs1. The summed E-state index contributed by atoms with van der Waals surface area (Å²) in [7, 11) is 4.10. The predicted octanol–water partition coefficient (Wildman–Crippen LogP) is 1.57. The highest BCUT2D eigenvalue weighted by molar-refractivity contribution is 7.81. The van der Waals surface area contributed by atoms with E-state index in [4.69, 9.17) is 12.2 Å². The Labute approximate surface area is 88.6 Å². The lowest BCUT2D eigenvalue weighted by Gasteiger charge is -2.10. The van der Waals surface area contributed by atoms with E-state index in [1.165, 1.54) is 0 Å². The molecule has 0 fully saturated rings. The quantitative estimate of drug-likeness (QED) is 0.766. The standard InChI is InChI=1S/C9H14N2S2/c1-11(2)6-5-10-9(12)8-4-3-7-13-8/h3-4,7H,5-6H2,1-2H3,(H,10,12). The first-order chi connectivity index (χ1) is 6.20. The highest BCUT2D eigenvalue weighted by Gasteiger charge is 2.00. The van der Waals surface area contributed by atoms with Crippen LogP contribution in [0.5, 0.6) is 0 Å². The summed E-state index contributed by atoms with van der Waals surface area (Å²) in [6, 6.07) is 4.05. The lowest BCUT2D eigenvalue weighted by Crippen LogP contribution is -2.30. The molecule has 72 valence electrons. The van der Waals surface area contributed by atoms with Crippen LogP contribution in [0.15, 0.2) is 17.5 Å². The number of likely N-dealkylation sites (N-methyl/N-ethyl adjacent to an activating group) is 1. The Morgan fingerprint density at radius 2 is 2.38 bits per heavy atom. The van der Waals surface area contributed by atoms with Gasteiger partial charge in [0.05, 0.1) is 4.88 Å². The molecule has 0 saturated carbocycles. The molecule has 1 rings (SSSR count). The molecule has 0 aliphatic heterocycles. The van der Waals surface area contributed by atoms with E-state index in [1.807, 2.05) is 17.5 Å². The van der Waals surface area contributed by atoms with E-state index in [-0.39, 0.29) is 0 Å². The Balaban J connectivity index is 2.27. The topological polar surface area (TPSA) is 15.3 Å². The summed E-state index contributed by atoms with van der Waals surface area (Å²) >= 11 is 6.88. The van der Waals surface area contributed by atoms with Crippen LogP contribution in [0.1, 0.15) is 4.88 Å². The molecule has 0 bridgehead atoms. The molecule has 0 radical (unpaired) electrons. The van der Waals surface area contributed by atoms with Crippen LogP contribution in [-0.2, 0) is 0 Å². The maximum absolute atomic E-state index is 5.21. The molecule has 1 N–H and O–H groups in total. The fraction of sp³-hybridized carbons (Fsp3) is 0.444. The number of nitrogens with zero attached hydrogens (tertiary/aromatic N) is 1. The lowest BCUT2D eigenvalue weighted by molar-refractivity contribution is 0.413. The largest absolute Gasteiger partial charge is 0.374 e. The zero-order valence-electron chi connectivity index (χ0n) is 7.91. The fourth-order valence-corrected chi connectivity index (χ4v) is 1.84. The van der Waals surface area contributed by atoms with Crippen LogP contribution in [0.2, 0.25) is 0 Å². The molecule has 4 heteroatoms. The minimum Gasteiger partial charge on any atom is -0.374 e. The lowest BCUT2D eigenvalue weighted by atomic mass is 10.4. The van der Waals surface area contributed by atoms with Crippen LogP contribution in [0.4, 0.5) is 0 Å². The van der Waals surface area contributed by atoms with Gasteiger partial charge in [0.15, 0.2) is 0 Å². The Hall–Kier alpha value is -0.450. The molecular weight excluding hydrogens is 200 g/mol. The molecule has 1 aromatic rings. The van der Waals surface area contributed by atoms with Crippen LogP contribution in [0.25, 0.3) is 0 Å². The summed E-state index contributed by atoms with van der Waals surface area (Å²) in [6.07, 6.45) is 0. The van der Waals surface area contributed by atoms with Crippen molar-refractivity contribution < 1.29 is 0 Å². The van der Waals surface area contributed by atoms with Crippen molar-refractivity contribution in [2.75, 3.05) is 27.2 Å². The second-order valence-electron chi connectivity index (χ2n) is 3.04. The van der Waals surface area contributed by atoms with Crippen molar-refractivity contribution >= 4 is 28.5 Å². The Morgan fingerprint density at radius 3 is 2.92 bits per heavy atom. The average molecular weight is 214 g/mol. The third kappa shape index (κ3) is 3.85. The zero-order valence-corrected chi connectivity index (χ0v) is 9.54. The normalized spacial score (nSPS) is 10.4. The van der Waals surface area contributed by atoms with Crippen LogP contribution in [-0.4, -0.2) is 37.1 Å². The first-order valence-electron chi connectivity index (χ1n) is 4.16. The van der Waals surface area contributed by atoms with Gasteiger partial charge in [-0.3, -0.25) is 0 Å². The molecule has 0 aromatic carbocycles. The van der Waals surface area contributed by atoms with Crippen LogP contribution in [0, 0.1) is 0 Å². The van der Waals surface area contributed by atoms with Crippen molar-refractivity contribution in [1.82, 2.24) is 10.2 Å². The van der Waals surface area contributed by atoms with Gasteiger partial charge in [0.1, 0.15) is 4.99 Å². The smallest absolute Gasteiger partial charge is 0.116 e. The van der Waals surface area contributed by atoms with Crippen molar-refractivity contribution in [1.29, 1.82) is 0 Å². The predicted molar refractivity (Wildman–Crippen MR) is 62.6 cm³/mol. The number of hydrogen-bond donors (Lipinski definition) is 1. The molecule has 0 amide bonds. The molecule has 13 heavy (non-hydrogen) atoms. The Kier molecular flexibility index (Phi) is 4.35. The average Bonchev–Trinajstić information content (AvgIpc) is 2.55. The maximum Gasteiger partial charge on any atom is 0.116 e. The molecule has 0 aliphatic rings. The van der Waals surface area contributed by atoms with Gasteiger partial charge in [-0.25, -0.2) is 0 Å². The van der Waals surface area contributed by atoms with E-state index in [1.54, 1.807) is 11.3 Å². The van der Waals surface area contributed by atoms with Gasteiger partial charge in [-0.05, 0) is 25.5 Å². The number of nitrogens with one attached hydrogen (secondary N) is 1. The second kappa shape index (κ2) is 5.32. The third-order valence-corrected chi connectivity index (χ3v) is 2.97. The molecule has 2 nitrogen and oxygen atoms in total. The van der Waals surface area contributed by atoms with Crippen LogP contribution >= 0.6 is 23.6 Å². The third-order valence-electron chi connectivity index (χ3n) is 1.59. The summed E-state index contributed by atoms with van der Waals surface area (Å²) in [4.78, 5) is 4.13. The summed E-state index contributed by atoms with van der Waals surface area (Å²) in [5.74, 6) is 0. The summed E-state index contributed by atoms with van der Waals surface area (Å²) in [6.45, 7) is 1.91. The Bertz CT molecular complexity index is 255.